The van der Waals surface area contributed by atoms with Gasteiger partial charge in [0, 0.05) is 11.5 Å². The minimum Gasteiger partial charge on any atom is -0.497 e. The van der Waals surface area contributed by atoms with Gasteiger partial charge in [-0.2, -0.15) is 0 Å². The summed E-state index contributed by atoms with van der Waals surface area (Å²) < 4.78 is 24.7. The van der Waals surface area contributed by atoms with E-state index in [1.165, 1.54) is 6.07 Å². The van der Waals surface area contributed by atoms with Crippen LogP contribution in [0.5, 0.6) is 5.75 Å². The van der Waals surface area contributed by atoms with E-state index in [-0.39, 0.29) is 11.9 Å². The van der Waals surface area contributed by atoms with Gasteiger partial charge in [-0.3, -0.25) is 0 Å². The van der Waals surface area contributed by atoms with E-state index in [4.69, 9.17) is 9.15 Å². The van der Waals surface area contributed by atoms with Gasteiger partial charge in [0.25, 0.3) is 0 Å². The summed E-state index contributed by atoms with van der Waals surface area (Å²) in [7, 11) is 1.56. The molecule has 0 amide bonds. The molecule has 0 saturated carbocycles. The van der Waals surface area contributed by atoms with Crippen molar-refractivity contribution in [2.75, 3.05) is 12.4 Å². The maximum absolute atomic E-state index is 13.8. The average molecular weight is 285 g/mol. The van der Waals surface area contributed by atoms with Crippen molar-refractivity contribution in [2.24, 2.45) is 0 Å². The zero-order valence-electron chi connectivity index (χ0n) is 11.9. The van der Waals surface area contributed by atoms with Crippen LogP contribution in [0.15, 0.2) is 52.9 Å². The number of furan rings is 1. The Morgan fingerprint density at radius 2 is 1.95 bits per heavy atom. The summed E-state index contributed by atoms with van der Waals surface area (Å²) in [6, 6.07) is 14.2. The molecule has 0 aliphatic heterocycles. The van der Waals surface area contributed by atoms with Crippen LogP contribution in [-0.4, -0.2) is 7.11 Å². The molecule has 1 aromatic heterocycles. The van der Waals surface area contributed by atoms with Crippen LogP contribution in [0.2, 0.25) is 0 Å². The summed E-state index contributed by atoms with van der Waals surface area (Å²) in [5, 5.41) is 4.15. The quantitative estimate of drug-likeness (QED) is 0.751. The molecule has 3 nitrogen and oxygen atoms in total. The highest BCUT2D eigenvalue weighted by molar-refractivity contribution is 5.77. The topological polar surface area (TPSA) is 34.4 Å². The van der Waals surface area contributed by atoms with Gasteiger partial charge >= 0.3 is 0 Å². The van der Waals surface area contributed by atoms with E-state index in [1.54, 1.807) is 19.2 Å². The molecule has 0 spiro atoms. The van der Waals surface area contributed by atoms with Gasteiger partial charge in [0.2, 0.25) is 0 Å². The van der Waals surface area contributed by atoms with Gasteiger partial charge in [0.15, 0.2) is 0 Å². The predicted molar refractivity (Wildman–Crippen MR) is 81.2 cm³/mol. The molecule has 0 aliphatic carbocycles. The van der Waals surface area contributed by atoms with E-state index in [2.05, 4.69) is 5.32 Å². The van der Waals surface area contributed by atoms with Crippen LogP contribution in [0, 0.1) is 5.82 Å². The van der Waals surface area contributed by atoms with Gasteiger partial charge in [0.05, 0.1) is 18.8 Å². The van der Waals surface area contributed by atoms with Crippen molar-refractivity contribution in [3.05, 3.63) is 60.1 Å². The summed E-state index contributed by atoms with van der Waals surface area (Å²) in [5.41, 5.74) is 1.22. The van der Waals surface area contributed by atoms with Crippen LogP contribution in [0.4, 0.5) is 10.1 Å². The molecule has 21 heavy (non-hydrogen) atoms. The van der Waals surface area contributed by atoms with Crippen LogP contribution in [0.3, 0.4) is 0 Å². The molecule has 0 bridgehead atoms. The highest BCUT2D eigenvalue weighted by Crippen LogP contribution is 2.28. The number of rotatable bonds is 4. The first kappa shape index (κ1) is 13.5. The van der Waals surface area contributed by atoms with Crippen molar-refractivity contribution in [1.82, 2.24) is 0 Å². The third-order valence-electron chi connectivity index (χ3n) is 3.42. The summed E-state index contributed by atoms with van der Waals surface area (Å²) in [5.74, 6) is 1.05. The first-order chi connectivity index (χ1) is 10.2. The Kier molecular flexibility index (Phi) is 3.52. The molecule has 3 rings (SSSR count). The molecular formula is C17H16FNO2. The van der Waals surface area contributed by atoms with E-state index in [1.807, 2.05) is 37.3 Å². The highest BCUT2D eigenvalue weighted by Gasteiger charge is 2.13. The Bertz CT molecular complexity index is 733. The molecule has 0 aliphatic rings. The zero-order chi connectivity index (χ0) is 14.8. The molecule has 1 unspecified atom stereocenters. The number of nitrogens with one attached hydrogen (secondary N) is 1. The molecule has 0 saturated heterocycles. The average Bonchev–Trinajstić information content (AvgIpc) is 2.93. The van der Waals surface area contributed by atoms with Crippen molar-refractivity contribution in [2.45, 2.75) is 13.0 Å². The summed E-state index contributed by atoms with van der Waals surface area (Å²) in [4.78, 5) is 0. The Balaban J connectivity index is 1.87. The van der Waals surface area contributed by atoms with Crippen molar-refractivity contribution < 1.29 is 13.5 Å². The van der Waals surface area contributed by atoms with Crippen molar-refractivity contribution in [3.63, 3.8) is 0 Å². The first-order valence-electron chi connectivity index (χ1n) is 6.76. The van der Waals surface area contributed by atoms with E-state index in [9.17, 15) is 4.39 Å². The molecular weight excluding hydrogens is 269 g/mol. The third-order valence-corrected chi connectivity index (χ3v) is 3.42. The lowest BCUT2D eigenvalue weighted by molar-refractivity contribution is 0.414. The van der Waals surface area contributed by atoms with E-state index >= 15 is 0 Å². The fourth-order valence-corrected chi connectivity index (χ4v) is 2.26. The fourth-order valence-electron chi connectivity index (χ4n) is 2.26. The molecule has 4 heteroatoms. The highest BCUT2D eigenvalue weighted by atomic mass is 19.1. The van der Waals surface area contributed by atoms with E-state index in [0.717, 1.165) is 16.7 Å². The van der Waals surface area contributed by atoms with Crippen molar-refractivity contribution in [3.8, 4) is 5.75 Å². The molecule has 1 atom stereocenters. The van der Waals surface area contributed by atoms with Crippen LogP contribution >= 0.6 is 0 Å². The lowest BCUT2D eigenvalue weighted by Crippen LogP contribution is -2.07. The Hall–Kier alpha value is -2.49. The fraction of sp³-hybridized carbons (Fsp3) is 0.176. The van der Waals surface area contributed by atoms with Crippen molar-refractivity contribution in [1.29, 1.82) is 0 Å². The van der Waals surface area contributed by atoms with Crippen molar-refractivity contribution >= 4 is 16.7 Å². The smallest absolute Gasteiger partial charge is 0.146 e. The van der Waals surface area contributed by atoms with Gasteiger partial charge in [-0.1, -0.05) is 18.2 Å². The lowest BCUT2D eigenvalue weighted by atomic mass is 10.2. The van der Waals surface area contributed by atoms with Gasteiger partial charge in [0.1, 0.15) is 22.9 Å². The SMILES string of the molecule is COc1ccc(F)c(NC(C)c2cc3ccccc3o2)c1. The second-order valence-electron chi connectivity index (χ2n) is 4.90. The van der Waals surface area contributed by atoms with Crippen LogP contribution in [-0.2, 0) is 0 Å². The number of ether oxygens (including phenoxy) is 1. The maximum Gasteiger partial charge on any atom is 0.146 e. The molecule has 0 fully saturated rings. The van der Waals surface area contributed by atoms with E-state index < -0.39 is 0 Å². The Morgan fingerprint density at radius 3 is 2.71 bits per heavy atom. The number of anilines is 1. The largest absolute Gasteiger partial charge is 0.497 e. The number of methoxy groups -OCH3 is 1. The molecule has 1 heterocycles. The number of benzene rings is 2. The number of fused-ring (bicyclic) bond motifs is 1. The number of hydrogen-bond acceptors (Lipinski definition) is 3. The van der Waals surface area contributed by atoms with Crippen LogP contribution in [0.1, 0.15) is 18.7 Å². The molecule has 0 radical (unpaired) electrons. The molecule has 3 aromatic rings. The Morgan fingerprint density at radius 1 is 1.14 bits per heavy atom. The molecule has 2 aromatic carbocycles. The first-order valence-corrected chi connectivity index (χ1v) is 6.76. The monoisotopic (exact) mass is 285 g/mol. The second-order valence-corrected chi connectivity index (χ2v) is 4.90. The third kappa shape index (κ3) is 2.70. The maximum atomic E-state index is 13.8. The standard InChI is InChI=1S/C17H16FNO2/c1-11(17-9-12-5-3-4-6-16(12)21-17)19-15-10-13(20-2)7-8-14(15)18/h3-11,19H,1-2H3. The van der Waals surface area contributed by atoms with Gasteiger partial charge in [-0.05, 0) is 31.2 Å². The van der Waals surface area contributed by atoms with Gasteiger partial charge in [-0.15, -0.1) is 0 Å². The zero-order valence-corrected chi connectivity index (χ0v) is 11.9. The molecule has 1 N–H and O–H groups in total. The van der Waals surface area contributed by atoms with E-state index in [0.29, 0.717) is 11.4 Å². The minimum absolute atomic E-state index is 0.154. The van der Waals surface area contributed by atoms with Crippen LogP contribution < -0.4 is 10.1 Å². The lowest BCUT2D eigenvalue weighted by Gasteiger charge is -2.14. The minimum atomic E-state index is -0.321. The number of para-hydroxylation sites is 1. The summed E-state index contributed by atoms with van der Waals surface area (Å²) >= 11 is 0. The predicted octanol–water partition coefficient (Wildman–Crippen LogP) is 4.75. The number of hydrogen-bond donors (Lipinski definition) is 1. The Labute approximate surface area is 122 Å². The summed E-state index contributed by atoms with van der Waals surface area (Å²) in [6.45, 7) is 1.93. The van der Waals surface area contributed by atoms with Gasteiger partial charge < -0.3 is 14.5 Å². The second kappa shape index (κ2) is 5.48. The normalized spacial score (nSPS) is 12.3. The molecule has 108 valence electrons. The number of halogens is 1. The van der Waals surface area contributed by atoms with Gasteiger partial charge in [-0.25, -0.2) is 4.39 Å². The van der Waals surface area contributed by atoms with Crippen LogP contribution in [0.25, 0.3) is 11.0 Å². The summed E-state index contributed by atoms with van der Waals surface area (Å²) in [6.07, 6.45) is 0.